The molecule has 5 rings (SSSR count). The Labute approximate surface area is 282 Å². The van der Waals surface area contributed by atoms with E-state index in [1.165, 1.54) is 0 Å². The number of Topliss-reactive ketones (excluding diaryl/α,β-unsaturated/α-hetero) is 1. The zero-order chi connectivity index (χ0) is 35.0. The first-order valence-corrected chi connectivity index (χ1v) is 15.6. The van der Waals surface area contributed by atoms with Crippen molar-refractivity contribution in [2.45, 2.75) is 47.0 Å². The molecule has 250 valence electrons. The molecule has 2 aliphatic rings. The second-order valence-electron chi connectivity index (χ2n) is 13.7. The van der Waals surface area contributed by atoms with Crippen LogP contribution in [0.25, 0.3) is 23.2 Å². The fourth-order valence-electron chi connectivity index (χ4n) is 5.16. The SMILES string of the molecule is COc1cc(OC)cc(C2=CC(=CC3=C([O-])C(=Cc4cc(-c5cc(OC)cc(OC)c5)[o+]c(C(C)(C)C)c4)C3=O)C=C(C(C)(C)C)O2)c1. The van der Waals surface area contributed by atoms with Gasteiger partial charge in [-0.1, -0.05) is 26.5 Å². The summed E-state index contributed by atoms with van der Waals surface area (Å²) in [6, 6.07) is 14.6. The Morgan fingerprint density at radius 3 is 1.71 bits per heavy atom. The molecule has 2 heterocycles. The molecule has 0 saturated heterocycles. The Bertz CT molecular complexity index is 1880. The molecule has 0 radical (unpaired) electrons. The van der Waals surface area contributed by atoms with E-state index in [1.807, 2.05) is 90.1 Å². The summed E-state index contributed by atoms with van der Waals surface area (Å²) in [5.41, 5.74) is 2.32. The van der Waals surface area contributed by atoms with Crippen LogP contribution >= 0.6 is 0 Å². The summed E-state index contributed by atoms with van der Waals surface area (Å²) in [5.74, 6) is 4.25. The summed E-state index contributed by atoms with van der Waals surface area (Å²) in [4.78, 5) is 13.5. The average Bonchev–Trinajstić information content (AvgIpc) is 3.07. The second kappa shape index (κ2) is 13.1. The lowest BCUT2D eigenvalue weighted by atomic mass is 9.84. The Hall–Kier alpha value is -5.24. The highest BCUT2D eigenvalue weighted by atomic mass is 16.5. The highest BCUT2D eigenvalue weighted by Gasteiger charge is 2.32. The van der Waals surface area contributed by atoms with E-state index in [1.54, 1.807) is 52.7 Å². The van der Waals surface area contributed by atoms with Gasteiger partial charge in [0.1, 0.15) is 34.5 Å². The summed E-state index contributed by atoms with van der Waals surface area (Å²) in [6.45, 7) is 12.2. The number of ether oxygens (including phenoxy) is 5. The third-order valence-corrected chi connectivity index (χ3v) is 7.98. The number of hydrogen-bond donors (Lipinski definition) is 0. The smallest absolute Gasteiger partial charge is 0.361 e. The van der Waals surface area contributed by atoms with E-state index >= 15 is 0 Å². The minimum atomic E-state index is -0.349. The molecule has 0 fully saturated rings. The van der Waals surface area contributed by atoms with Crippen molar-refractivity contribution in [1.29, 1.82) is 0 Å². The van der Waals surface area contributed by atoms with Crippen molar-refractivity contribution in [3.63, 3.8) is 0 Å². The lowest BCUT2D eigenvalue weighted by Crippen LogP contribution is -2.29. The quantitative estimate of drug-likeness (QED) is 0.178. The number of allylic oxidation sites excluding steroid dienone is 7. The fraction of sp³-hybridized carbons (Fsp3) is 0.300. The third-order valence-electron chi connectivity index (χ3n) is 7.98. The lowest BCUT2D eigenvalue weighted by Gasteiger charge is -2.30. The van der Waals surface area contributed by atoms with Crippen LogP contribution in [0.2, 0.25) is 0 Å². The molecule has 8 nitrogen and oxygen atoms in total. The van der Waals surface area contributed by atoms with Gasteiger partial charge in [-0.05, 0) is 80.5 Å². The number of rotatable bonds is 8. The monoisotopic (exact) mass is 650 g/mol. The highest BCUT2D eigenvalue weighted by molar-refractivity contribution is 6.23. The van der Waals surface area contributed by atoms with Gasteiger partial charge in [-0.15, -0.1) is 0 Å². The summed E-state index contributed by atoms with van der Waals surface area (Å²) < 4.78 is 34.5. The molecule has 0 bridgehead atoms. The molecule has 0 atom stereocenters. The molecule has 1 aliphatic heterocycles. The summed E-state index contributed by atoms with van der Waals surface area (Å²) in [7, 11) is 6.34. The van der Waals surface area contributed by atoms with Gasteiger partial charge in [0.2, 0.25) is 0 Å². The van der Waals surface area contributed by atoms with Gasteiger partial charge in [0.15, 0.2) is 5.78 Å². The van der Waals surface area contributed by atoms with Crippen LogP contribution in [0.3, 0.4) is 0 Å². The normalized spacial score (nSPS) is 16.7. The molecule has 0 unspecified atom stereocenters. The van der Waals surface area contributed by atoms with E-state index in [2.05, 4.69) is 0 Å². The molecule has 48 heavy (non-hydrogen) atoms. The highest BCUT2D eigenvalue weighted by Crippen LogP contribution is 2.40. The van der Waals surface area contributed by atoms with Crippen molar-refractivity contribution in [3.05, 3.63) is 112 Å². The lowest BCUT2D eigenvalue weighted by molar-refractivity contribution is -0.300. The van der Waals surface area contributed by atoms with Gasteiger partial charge < -0.3 is 28.8 Å². The molecular weight excluding hydrogens is 608 g/mol. The van der Waals surface area contributed by atoms with Crippen LogP contribution in [0.4, 0.5) is 0 Å². The number of hydrogen-bond acceptors (Lipinski definition) is 7. The van der Waals surface area contributed by atoms with E-state index in [-0.39, 0.29) is 33.5 Å². The average molecular weight is 651 g/mol. The van der Waals surface area contributed by atoms with Gasteiger partial charge in [-0.3, -0.25) is 4.79 Å². The van der Waals surface area contributed by atoms with Crippen LogP contribution < -0.4 is 24.1 Å². The van der Waals surface area contributed by atoms with Crippen LogP contribution in [0.5, 0.6) is 23.0 Å². The molecule has 0 N–H and O–H groups in total. The molecular formula is C40H42O8. The summed E-state index contributed by atoms with van der Waals surface area (Å²) >= 11 is 0. The number of carbonyl (C=O) groups is 1. The van der Waals surface area contributed by atoms with E-state index in [9.17, 15) is 9.90 Å². The molecule has 2 aromatic carbocycles. The Kier molecular flexibility index (Phi) is 9.31. The van der Waals surface area contributed by atoms with Gasteiger partial charge in [-0.25, -0.2) is 4.42 Å². The molecule has 1 aromatic heterocycles. The largest absolute Gasteiger partial charge is 0.871 e. The second-order valence-corrected chi connectivity index (χ2v) is 13.7. The molecule has 0 saturated carbocycles. The number of methoxy groups -OCH3 is 4. The van der Waals surface area contributed by atoms with Gasteiger partial charge in [0.25, 0.3) is 0 Å². The van der Waals surface area contributed by atoms with Crippen LogP contribution in [-0.2, 0) is 14.9 Å². The predicted octanol–water partition coefficient (Wildman–Crippen LogP) is 8.07. The Balaban J connectivity index is 1.57. The van der Waals surface area contributed by atoms with E-state index in [4.69, 9.17) is 28.1 Å². The van der Waals surface area contributed by atoms with E-state index in [0.717, 1.165) is 11.1 Å². The van der Waals surface area contributed by atoms with E-state index < -0.39 is 0 Å². The zero-order valence-corrected chi connectivity index (χ0v) is 29.2. The molecule has 3 aromatic rings. The van der Waals surface area contributed by atoms with Crippen molar-refractivity contribution >= 4 is 17.6 Å². The minimum absolute atomic E-state index is 0.107. The Morgan fingerprint density at radius 2 is 1.23 bits per heavy atom. The van der Waals surface area contributed by atoms with E-state index in [0.29, 0.717) is 57.2 Å². The number of ketones is 1. The predicted molar refractivity (Wildman–Crippen MR) is 185 cm³/mol. The first kappa shape index (κ1) is 34.1. The standard InChI is InChI=1S/C40H42O8/c1-39(2,3)35-15-23(13-33(47-35)25-17-27(43-7)21-28(18-25)44-8)11-31-37(41)32(38(31)42)12-24-14-34(48-36(16-24)40(4,5)6)26-19-29(45-9)22-30(20-26)46-10/h11-22H,1-10H3. The third kappa shape index (κ3) is 7.18. The molecule has 0 spiro atoms. The first-order valence-electron chi connectivity index (χ1n) is 15.6. The topological polar surface area (TPSA) is 97.6 Å². The van der Waals surface area contributed by atoms with Crippen LogP contribution in [0, 0.1) is 5.41 Å². The van der Waals surface area contributed by atoms with Crippen molar-refractivity contribution < 1.29 is 38.0 Å². The maximum Gasteiger partial charge on any atom is 0.361 e. The molecule has 1 aliphatic carbocycles. The van der Waals surface area contributed by atoms with Crippen molar-refractivity contribution in [1.82, 2.24) is 0 Å². The van der Waals surface area contributed by atoms with Gasteiger partial charge in [-0.2, -0.15) is 0 Å². The summed E-state index contributed by atoms with van der Waals surface area (Å²) in [5, 5.41) is 13.5. The molecule has 8 heteroatoms. The van der Waals surface area contributed by atoms with Gasteiger partial charge >= 0.3 is 11.5 Å². The van der Waals surface area contributed by atoms with Crippen molar-refractivity contribution in [2.24, 2.45) is 5.41 Å². The number of carbonyl (C=O) groups excluding carboxylic acids is 1. The first-order chi connectivity index (χ1) is 22.6. The zero-order valence-electron chi connectivity index (χ0n) is 29.2. The van der Waals surface area contributed by atoms with Crippen LogP contribution in [0.15, 0.2) is 99.4 Å². The van der Waals surface area contributed by atoms with Crippen LogP contribution in [0.1, 0.15) is 58.4 Å². The summed E-state index contributed by atoms with van der Waals surface area (Å²) in [6.07, 6.45) is 6.92. The maximum atomic E-state index is 13.5. The van der Waals surface area contributed by atoms with Crippen molar-refractivity contribution in [2.75, 3.05) is 28.4 Å². The Morgan fingerprint density at radius 1 is 0.688 bits per heavy atom. The van der Waals surface area contributed by atoms with Crippen molar-refractivity contribution in [3.8, 4) is 34.3 Å². The fourth-order valence-corrected chi connectivity index (χ4v) is 5.16. The number of benzene rings is 2. The molecule has 0 amide bonds. The minimum Gasteiger partial charge on any atom is -0.871 e. The van der Waals surface area contributed by atoms with Gasteiger partial charge in [0, 0.05) is 40.3 Å². The maximum absolute atomic E-state index is 13.5. The van der Waals surface area contributed by atoms with Gasteiger partial charge in [0.05, 0.1) is 45.5 Å². The van der Waals surface area contributed by atoms with Crippen LogP contribution in [-0.4, -0.2) is 34.2 Å².